The normalized spacial score (nSPS) is 13.7. The van der Waals surface area contributed by atoms with Crippen molar-refractivity contribution in [3.63, 3.8) is 0 Å². The lowest BCUT2D eigenvalue weighted by molar-refractivity contribution is -0.573. The summed E-state index contributed by atoms with van der Waals surface area (Å²) in [5.74, 6) is -0.437. The summed E-state index contributed by atoms with van der Waals surface area (Å²) in [6.45, 7) is 7.64. The van der Waals surface area contributed by atoms with E-state index < -0.39 is 11.7 Å². The Hall–Kier alpha value is -4.91. The van der Waals surface area contributed by atoms with Crippen LogP contribution in [-0.4, -0.2) is 73.8 Å². The van der Waals surface area contributed by atoms with Gasteiger partial charge < -0.3 is 16.0 Å². The maximum Gasteiger partial charge on any atom is 0.305 e. The minimum absolute atomic E-state index is 0.0177. The van der Waals surface area contributed by atoms with Crippen molar-refractivity contribution in [2.75, 3.05) is 42.6 Å². The molecule has 0 radical (unpaired) electrons. The minimum atomic E-state index is -0.609. The van der Waals surface area contributed by atoms with Crippen LogP contribution in [0.1, 0.15) is 37.2 Å². The molecule has 0 saturated heterocycles. The molecule has 2 aromatic carbocycles. The van der Waals surface area contributed by atoms with Gasteiger partial charge in [0.25, 0.3) is 0 Å². The number of carbonyl (C=O) groups excluding carboxylic acids is 2. The minimum Gasteiger partial charge on any atom is -0.326 e. The molecule has 1 aliphatic rings. The van der Waals surface area contributed by atoms with Gasteiger partial charge in [0.15, 0.2) is 18.4 Å². The highest BCUT2D eigenvalue weighted by Crippen LogP contribution is 2.28. The van der Waals surface area contributed by atoms with Crippen molar-refractivity contribution < 1.29 is 18.7 Å². The predicted octanol–water partition coefficient (Wildman–Crippen LogP) is 3.67. The van der Waals surface area contributed by atoms with Crippen molar-refractivity contribution in [1.82, 2.24) is 29.8 Å². The van der Waals surface area contributed by atoms with Gasteiger partial charge in [0, 0.05) is 29.9 Å². The third-order valence-electron chi connectivity index (χ3n) is 6.45. The number of nitrogens with zero attached hydrogens (tertiary/aromatic N) is 6. The number of imidazole rings is 1. The number of hydrazone groups is 1. The molecular formula is C28H32FN10O2+. The number of amides is 2. The Labute approximate surface area is 236 Å². The van der Waals surface area contributed by atoms with E-state index in [-0.39, 0.29) is 29.1 Å². The summed E-state index contributed by atoms with van der Waals surface area (Å²) < 4.78 is 18.7. The molecule has 0 unspecified atom stereocenters. The Bertz CT molecular complexity index is 1650. The summed E-state index contributed by atoms with van der Waals surface area (Å²) in [6, 6.07) is 11.5. The summed E-state index contributed by atoms with van der Waals surface area (Å²) in [7, 11) is 2.00. The number of hydrogen-bond donors (Lipinski definition) is 4. The van der Waals surface area contributed by atoms with Gasteiger partial charge in [0.05, 0.1) is 25.0 Å². The highest BCUT2D eigenvalue weighted by molar-refractivity contribution is 5.94. The van der Waals surface area contributed by atoms with Crippen LogP contribution in [0.4, 0.5) is 33.3 Å². The Morgan fingerprint density at radius 2 is 1.88 bits per heavy atom. The highest BCUT2D eigenvalue weighted by atomic mass is 19.1. The molecule has 1 aliphatic heterocycles. The number of carbonyl (C=O) groups is 2. The molecule has 2 amide bonds. The van der Waals surface area contributed by atoms with Gasteiger partial charge in [0.2, 0.25) is 17.8 Å². The second kappa shape index (κ2) is 11.7. The van der Waals surface area contributed by atoms with Crippen LogP contribution in [0.15, 0.2) is 48.7 Å². The van der Waals surface area contributed by atoms with Crippen LogP contribution in [-0.2, 0) is 4.79 Å². The molecular weight excluding hydrogens is 527 g/mol. The zero-order valence-electron chi connectivity index (χ0n) is 23.3. The molecule has 0 bridgehead atoms. The molecule has 4 aromatic rings. The first-order chi connectivity index (χ1) is 19.7. The van der Waals surface area contributed by atoms with Gasteiger partial charge in [-0.1, -0.05) is 6.07 Å². The highest BCUT2D eigenvalue weighted by Gasteiger charge is 2.20. The van der Waals surface area contributed by atoms with E-state index in [1.807, 2.05) is 43.8 Å². The first kappa shape index (κ1) is 27.6. The average Bonchev–Trinajstić information content (AvgIpc) is 3.28. The molecule has 212 valence electrons. The van der Waals surface area contributed by atoms with E-state index in [0.29, 0.717) is 29.3 Å². The van der Waals surface area contributed by atoms with E-state index in [1.54, 1.807) is 29.1 Å². The number of benzene rings is 2. The second-order valence-electron chi connectivity index (χ2n) is 10.1. The molecule has 2 aromatic heterocycles. The van der Waals surface area contributed by atoms with Crippen LogP contribution in [0.3, 0.4) is 0 Å². The molecule has 5 rings (SSSR count). The number of fused-ring (bicyclic) bond motifs is 1. The molecule has 0 fully saturated rings. The molecule has 0 aliphatic carbocycles. The lowest BCUT2D eigenvalue weighted by atomic mass is 10.2. The van der Waals surface area contributed by atoms with Gasteiger partial charge in [-0.05, 0) is 57.3 Å². The lowest BCUT2D eigenvalue weighted by Gasteiger charge is -2.17. The lowest BCUT2D eigenvalue weighted by Crippen LogP contribution is -2.45. The van der Waals surface area contributed by atoms with Gasteiger partial charge in [0.1, 0.15) is 11.3 Å². The summed E-state index contributed by atoms with van der Waals surface area (Å²) in [6.07, 6.45) is 3.45. The molecule has 41 heavy (non-hydrogen) atoms. The average molecular weight is 560 g/mol. The zero-order chi connectivity index (χ0) is 29.1. The van der Waals surface area contributed by atoms with E-state index in [4.69, 9.17) is 0 Å². The van der Waals surface area contributed by atoms with E-state index in [1.165, 1.54) is 19.1 Å². The number of aromatic nitrogens is 4. The number of nitrogens with one attached hydrogen (secondary N) is 4. The van der Waals surface area contributed by atoms with Gasteiger partial charge >= 0.3 is 5.91 Å². The molecule has 0 spiro atoms. The molecule has 13 heteroatoms. The first-order valence-corrected chi connectivity index (χ1v) is 13.2. The number of hydrogen-bond acceptors (Lipinski definition) is 8. The third kappa shape index (κ3) is 6.47. The number of halogens is 1. The maximum atomic E-state index is 15.0. The molecule has 12 nitrogen and oxygen atoms in total. The second-order valence-corrected chi connectivity index (χ2v) is 10.1. The van der Waals surface area contributed by atoms with Crippen LogP contribution in [0, 0.1) is 5.82 Å². The van der Waals surface area contributed by atoms with Crippen LogP contribution < -0.4 is 21.4 Å². The van der Waals surface area contributed by atoms with E-state index in [0.717, 1.165) is 18.8 Å². The standard InChI is InChI=1S/C28H31FN10O2/c1-17(2)39-25-24(34-28(39)32-21-7-5-6-20(15-21)31-18(3)40)16-30-27(35-25)33-23-9-8-19(14-22(23)29)26(41)36-38-12-10-37(4)11-13-38/h5-9,12,14-17H,10-11,13H2,1-4H3,(H3-,30,31,32,33,34,35,36,40,41)/p+1. The first-order valence-electron chi connectivity index (χ1n) is 13.2. The fourth-order valence-corrected chi connectivity index (χ4v) is 4.41. The number of hydrazine groups is 1. The Kier molecular flexibility index (Phi) is 7.88. The Balaban J connectivity index is 1.35. The molecule has 4 N–H and O–H groups in total. The van der Waals surface area contributed by atoms with Crippen molar-refractivity contribution in [1.29, 1.82) is 0 Å². The van der Waals surface area contributed by atoms with Crippen LogP contribution in [0.25, 0.3) is 11.2 Å². The maximum absolute atomic E-state index is 15.0. The van der Waals surface area contributed by atoms with Crippen molar-refractivity contribution in [3.05, 3.63) is 60.0 Å². The smallest absolute Gasteiger partial charge is 0.305 e. The zero-order valence-corrected chi connectivity index (χ0v) is 23.3. The van der Waals surface area contributed by atoms with E-state index in [9.17, 15) is 9.59 Å². The summed E-state index contributed by atoms with van der Waals surface area (Å²) in [4.78, 5) is 39.8. The Morgan fingerprint density at radius 1 is 1.07 bits per heavy atom. The van der Waals surface area contributed by atoms with Crippen molar-refractivity contribution in [2.45, 2.75) is 26.8 Å². The quantitative estimate of drug-likeness (QED) is 0.241. The number of anilines is 5. The molecule has 3 heterocycles. The van der Waals surface area contributed by atoms with Gasteiger partial charge in [-0.3, -0.25) is 19.1 Å². The summed E-state index contributed by atoms with van der Waals surface area (Å²) >= 11 is 0. The fraction of sp³-hybridized carbons (Fsp3) is 0.286. The van der Waals surface area contributed by atoms with Gasteiger partial charge in [-0.15, -0.1) is 10.1 Å². The topological polar surface area (TPSA) is 132 Å². The monoisotopic (exact) mass is 559 g/mol. The molecule has 0 atom stereocenters. The van der Waals surface area contributed by atoms with E-state index in [2.05, 4.69) is 41.2 Å². The van der Waals surface area contributed by atoms with Crippen molar-refractivity contribution >= 4 is 58.2 Å². The van der Waals surface area contributed by atoms with Crippen LogP contribution in [0.2, 0.25) is 0 Å². The van der Waals surface area contributed by atoms with Crippen molar-refractivity contribution in [3.8, 4) is 0 Å². The van der Waals surface area contributed by atoms with E-state index >= 15 is 4.39 Å². The predicted molar refractivity (Wildman–Crippen MR) is 156 cm³/mol. The van der Waals surface area contributed by atoms with Gasteiger partial charge in [-0.2, -0.15) is 4.98 Å². The Morgan fingerprint density at radius 3 is 2.59 bits per heavy atom. The summed E-state index contributed by atoms with van der Waals surface area (Å²) in [5.41, 5.74) is 5.62. The van der Waals surface area contributed by atoms with Crippen LogP contribution >= 0.6 is 0 Å². The third-order valence-corrected chi connectivity index (χ3v) is 6.45. The molecule has 0 saturated carbocycles. The fourth-order valence-electron chi connectivity index (χ4n) is 4.41. The largest absolute Gasteiger partial charge is 0.326 e. The summed E-state index contributed by atoms with van der Waals surface area (Å²) in [5, 5.41) is 8.97. The van der Waals surface area contributed by atoms with Crippen molar-refractivity contribution in [2.24, 2.45) is 0 Å². The number of rotatable bonds is 8. The van der Waals surface area contributed by atoms with Crippen LogP contribution in [0.5, 0.6) is 0 Å². The SMILES string of the molecule is CC(=O)Nc1cccc(Nc2nc3cnc(Nc4ccc(C(=O)N[N+]5=CCN(C)CC5)cc4F)nc3n2C(C)C)c1. The van der Waals surface area contributed by atoms with Gasteiger partial charge in [-0.25, -0.2) is 14.4 Å². The number of likely N-dealkylation sites (N-methyl/N-ethyl adjacent to an activating group) is 1.